The summed E-state index contributed by atoms with van der Waals surface area (Å²) in [4.78, 5) is 37.5. The number of rotatable bonds is 11. The normalized spacial score (nSPS) is 15.5. The fourth-order valence-corrected chi connectivity index (χ4v) is 5.50. The van der Waals surface area contributed by atoms with Crippen LogP contribution >= 0.6 is 0 Å². The van der Waals surface area contributed by atoms with Crippen LogP contribution in [0, 0.1) is 0 Å². The summed E-state index contributed by atoms with van der Waals surface area (Å²) in [6, 6.07) is 9.87. The van der Waals surface area contributed by atoms with Crippen molar-refractivity contribution in [2.75, 3.05) is 18.3 Å². The number of nitrogens with one attached hydrogen (secondary N) is 3. The molecule has 1 heterocycles. The number of aryl methyl sites for hydroxylation is 1. The zero-order valence-electron chi connectivity index (χ0n) is 20.0. The Morgan fingerprint density at radius 2 is 1.78 bits per heavy atom. The van der Waals surface area contributed by atoms with Crippen molar-refractivity contribution in [3.63, 3.8) is 0 Å². The monoisotopic (exact) mass is 552 g/mol. The van der Waals surface area contributed by atoms with Gasteiger partial charge >= 0.3 is 10.3 Å². The standard InChI is InChI=1S/C23H28N4O8S2/c1-24-23(30)21-14-17-6-7-19(26-37(33,34)35)13-18(17)15-27(21)22(29)10-5-16-3-8-20(9-4-16)36(31,32)25-11-2-12-28/h3-4,6-9,12-13,21,25-26H,2,5,10-11,14-15H2,1H3,(H,24,30)(H,33,34,35). The van der Waals surface area contributed by atoms with Gasteiger partial charge < -0.3 is 15.0 Å². The molecule has 0 saturated heterocycles. The van der Waals surface area contributed by atoms with E-state index in [0.29, 0.717) is 23.8 Å². The number of anilines is 1. The molecule has 37 heavy (non-hydrogen) atoms. The van der Waals surface area contributed by atoms with E-state index in [9.17, 15) is 31.2 Å². The Labute approximate surface area is 215 Å². The average Bonchev–Trinajstić information content (AvgIpc) is 2.85. The first-order valence-electron chi connectivity index (χ1n) is 11.3. The van der Waals surface area contributed by atoms with Crippen molar-refractivity contribution in [1.29, 1.82) is 0 Å². The number of fused-ring (bicyclic) bond motifs is 1. The summed E-state index contributed by atoms with van der Waals surface area (Å²) in [6.07, 6.45) is 1.27. The second kappa shape index (κ2) is 11.8. The van der Waals surface area contributed by atoms with Crippen molar-refractivity contribution in [2.24, 2.45) is 0 Å². The molecule has 0 radical (unpaired) electrons. The lowest BCUT2D eigenvalue weighted by atomic mass is 9.92. The minimum atomic E-state index is -4.47. The van der Waals surface area contributed by atoms with E-state index in [1.807, 2.05) is 4.72 Å². The maximum atomic E-state index is 13.2. The summed E-state index contributed by atoms with van der Waals surface area (Å²) >= 11 is 0. The molecule has 2 aromatic carbocycles. The van der Waals surface area contributed by atoms with Gasteiger partial charge in [0.15, 0.2) is 0 Å². The molecule has 1 unspecified atom stereocenters. The van der Waals surface area contributed by atoms with Gasteiger partial charge in [-0.3, -0.25) is 18.9 Å². The molecule has 0 aliphatic carbocycles. The number of carbonyl (C=O) groups is 3. The first-order valence-corrected chi connectivity index (χ1v) is 14.3. The number of nitrogens with zero attached hydrogens (tertiary/aromatic N) is 1. The Morgan fingerprint density at radius 3 is 2.41 bits per heavy atom. The number of benzene rings is 2. The molecule has 200 valence electrons. The maximum Gasteiger partial charge on any atom is 0.357 e. The van der Waals surface area contributed by atoms with Crippen molar-refractivity contribution in [1.82, 2.24) is 14.9 Å². The van der Waals surface area contributed by atoms with Crippen LogP contribution in [0.15, 0.2) is 47.4 Å². The molecule has 1 aliphatic heterocycles. The van der Waals surface area contributed by atoms with E-state index in [2.05, 4.69) is 10.0 Å². The van der Waals surface area contributed by atoms with E-state index in [-0.39, 0.29) is 54.7 Å². The number of amides is 2. The van der Waals surface area contributed by atoms with Crippen molar-refractivity contribution in [2.45, 2.75) is 43.2 Å². The highest BCUT2D eigenvalue weighted by Gasteiger charge is 2.34. The molecule has 14 heteroatoms. The first-order chi connectivity index (χ1) is 17.4. The highest BCUT2D eigenvalue weighted by molar-refractivity contribution is 7.89. The molecule has 2 amide bonds. The van der Waals surface area contributed by atoms with Crippen LogP contribution in [-0.2, 0) is 54.1 Å². The molecular formula is C23H28N4O8S2. The van der Waals surface area contributed by atoms with Crippen LogP contribution in [0.3, 0.4) is 0 Å². The maximum absolute atomic E-state index is 13.2. The van der Waals surface area contributed by atoms with E-state index in [0.717, 1.165) is 5.56 Å². The zero-order valence-corrected chi connectivity index (χ0v) is 21.6. The van der Waals surface area contributed by atoms with E-state index < -0.39 is 26.4 Å². The molecule has 4 N–H and O–H groups in total. The number of aldehydes is 1. The fraction of sp³-hybridized carbons (Fsp3) is 0.348. The third kappa shape index (κ3) is 7.58. The van der Waals surface area contributed by atoms with E-state index >= 15 is 0 Å². The molecule has 0 spiro atoms. The zero-order chi connectivity index (χ0) is 27.2. The van der Waals surface area contributed by atoms with Crippen molar-refractivity contribution < 1.29 is 35.8 Å². The lowest BCUT2D eigenvalue weighted by molar-refractivity contribution is -0.141. The third-order valence-corrected chi connectivity index (χ3v) is 7.84. The molecule has 1 aliphatic rings. The second-order valence-corrected chi connectivity index (χ2v) is 11.3. The third-order valence-electron chi connectivity index (χ3n) is 5.87. The van der Waals surface area contributed by atoms with Gasteiger partial charge in [-0.15, -0.1) is 0 Å². The van der Waals surface area contributed by atoms with Gasteiger partial charge in [-0.05, 0) is 47.4 Å². The van der Waals surface area contributed by atoms with Crippen LogP contribution in [0.25, 0.3) is 0 Å². The summed E-state index contributed by atoms with van der Waals surface area (Å²) in [5.74, 6) is -0.643. The van der Waals surface area contributed by atoms with Crippen LogP contribution in [0.5, 0.6) is 0 Å². The van der Waals surface area contributed by atoms with Crippen LogP contribution in [0.1, 0.15) is 29.5 Å². The minimum Gasteiger partial charge on any atom is -0.357 e. The molecule has 1 atom stereocenters. The summed E-state index contributed by atoms with van der Waals surface area (Å²) in [6.45, 7) is 0.0673. The van der Waals surface area contributed by atoms with Gasteiger partial charge in [0, 0.05) is 39.4 Å². The van der Waals surface area contributed by atoms with Gasteiger partial charge in [0.1, 0.15) is 12.3 Å². The molecule has 0 bridgehead atoms. The van der Waals surface area contributed by atoms with E-state index in [4.69, 9.17) is 4.55 Å². The van der Waals surface area contributed by atoms with Gasteiger partial charge in [-0.1, -0.05) is 18.2 Å². The smallest absolute Gasteiger partial charge is 0.357 e. The lowest BCUT2D eigenvalue weighted by Crippen LogP contribution is -2.52. The van der Waals surface area contributed by atoms with Crippen LogP contribution in [0.4, 0.5) is 5.69 Å². The van der Waals surface area contributed by atoms with Gasteiger partial charge in [0.05, 0.1) is 10.6 Å². The lowest BCUT2D eigenvalue weighted by Gasteiger charge is -2.36. The van der Waals surface area contributed by atoms with E-state index in [1.165, 1.54) is 36.2 Å². The number of hydrogen-bond acceptors (Lipinski definition) is 7. The van der Waals surface area contributed by atoms with Gasteiger partial charge in [-0.25, -0.2) is 13.1 Å². The van der Waals surface area contributed by atoms with Crippen molar-refractivity contribution in [3.8, 4) is 0 Å². The number of likely N-dealkylation sites (N-methyl/N-ethyl adjacent to an activating group) is 1. The minimum absolute atomic E-state index is 0.000915. The Morgan fingerprint density at radius 1 is 1.08 bits per heavy atom. The Balaban J connectivity index is 1.72. The van der Waals surface area contributed by atoms with Crippen LogP contribution in [-0.4, -0.2) is 64.0 Å². The number of carbonyl (C=O) groups excluding carboxylic acids is 3. The predicted molar refractivity (Wildman–Crippen MR) is 134 cm³/mol. The van der Waals surface area contributed by atoms with Crippen LogP contribution < -0.4 is 14.8 Å². The van der Waals surface area contributed by atoms with E-state index in [1.54, 1.807) is 18.2 Å². The molecular weight excluding hydrogens is 524 g/mol. The summed E-state index contributed by atoms with van der Waals surface area (Å²) in [5, 5.41) is 2.57. The number of hydrogen-bond donors (Lipinski definition) is 4. The fourth-order valence-electron chi connectivity index (χ4n) is 4.03. The second-order valence-electron chi connectivity index (χ2n) is 8.41. The van der Waals surface area contributed by atoms with Gasteiger partial charge in [0.25, 0.3) is 0 Å². The van der Waals surface area contributed by atoms with Crippen molar-refractivity contribution in [3.05, 3.63) is 59.2 Å². The van der Waals surface area contributed by atoms with Gasteiger partial charge in [-0.2, -0.15) is 8.42 Å². The Bertz CT molecular complexity index is 1380. The van der Waals surface area contributed by atoms with Crippen molar-refractivity contribution >= 4 is 44.1 Å². The average molecular weight is 553 g/mol. The van der Waals surface area contributed by atoms with Crippen LogP contribution in [0.2, 0.25) is 0 Å². The molecule has 0 fully saturated rings. The summed E-state index contributed by atoms with van der Waals surface area (Å²) in [5.41, 5.74) is 2.26. The topological polar surface area (TPSA) is 179 Å². The highest BCUT2D eigenvalue weighted by Crippen LogP contribution is 2.27. The largest absolute Gasteiger partial charge is 0.357 e. The van der Waals surface area contributed by atoms with Gasteiger partial charge in [0.2, 0.25) is 21.8 Å². The molecule has 0 aromatic heterocycles. The molecule has 2 aromatic rings. The quantitative estimate of drug-likeness (QED) is 0.176. The summed E-state index contributed by atoms with van der Waals surface area (Å²) in [7, 11) is -6.74. The highest BCUT2D eigenvalue weighted by atomic mass is 32.2. The SMILES string of the molecule is CNC(=O)C1Cc2ccc(NS(=O)(=O)O)cc2CN1C(=O)CCc1ccc(S(=O)(=O)NCCC=O)cc1. The molecule has 12 nitrogen and oxygen atoms in total. The Kier molecular flexibility index (Phi) is 9.02. The summed E-state index contributed by atoms with van der Waals surface area (Å²) < 4.78 is 60.1. The number of sulfonamides is 1. The predicted octanol–water partition coefficient (Wildman–Crippen LogP) is 0.401. The Hall–Kier alpha value is -3.33. The first kappa shape index (κ1) is 28.2. The molecule has 0 saturated carbocycles. The molecule has 3 rings (SSSR count).